The lowest BCUT2D eigenvalue weighted by atomic mass is 10.0. The van der Waals surface area contributed by atoms with Crippen LogP contribution in [0.4, 0.5) is 11.5 Å². The number of rotatable bonds is 6. The molecule has 1 saturated heterocycles. The van der Waals surface area contributed by atoms with Crippen LogP contribution in [-0.2, 0) is 25.8 Å². The Morgan fingerprint density at radius 1 is 1.00 bits per heavy atom. The molecule has 2 heterocycles. The third kappa shape index (κ3) is 5.23. The summed E-state index contributed by atoms with van der Waals surface area (Å²) in [4.78, 5) is 18.1. The summed E-state index contributed by atoms with van der Waals surface area (Å²) in [7, 11) is -3.23. The molecule has 3 aromatic carbocycles. The third-order valence-electron chi connectivity index (χ3n) is 6.20. The first kappa shape index (κ1) is 23.1. The highest BCUT2D eigenvalue weighted by Gasteiger charge is 2.17. The molecule has 0 bridgehead atoms. The number of carbonyl (C=O) groups excluding carboxylic acids is 1. The number of aromatic nitrogens is 1. The van der Waals surface area contributed by atoms with Gasteiger partial charge in [0, 0.05) is 36.0 Å². The number of fused-ring (bicyclic) bond motifs is 1. The zero-order valence-electron chi connectivity index (χ0n) is 19.5. The molecular formula is C27H27N3O4S. The van der Waals surface area contributed by atoms with Crippen LogP contribution < -0.4 is 5.32 Å². The largest absolute Gasteiger partial charge is 0.378 e. The van der Waals surface area contributed by atoms with E-state index >= 15 is 0 Å². The van der Waals surface area contributed by atoms with Gasteiger partial charge in [-0.1, -0.05) is 42.5 Å². The quantitative estimate of drug-likeness (QED) is 0.419. The number of aromatic amines is 1. The van der Waals surface area contributed by atoms with Crippen molar-refractivity contribution in [3.8, 4) is 11.1 Å². The molecule has 0 saturated carbocycles. The number of H-pyrrole nitrogens is 1. The number of hydrogen-bond acceptors (Lipinski definition) is 5. The number of nitrogens with zero attached hydrogens (tertiary/aromatic N) is 1. The number of morpholine rings is 1. The highest BCUT2D eigenvalue weighted by molar-refractivity contribution is 7.90. The Bertz CT molecular complexity index is 1450. The Morgan fingerprint density at radius 2 is 1.71 bits per heavy atom. The summed E-state index contributed by atoms with van der Waals surface area (Å²) >= 11 is 0. The molecule has 4 aromatic rings. The van der Waals surface area contributed by atoms with Gasteiger partial charge in [0.25, 0.3) is 0 Å². The number of ether oxygens (including phenoxy) is 1. The molecule has 0 radical (unpaired) electrons. The molecule has 0 spiro atoms. The van der Waals surface area contributed by atoms with Gasteiger partial charge in [0.15, 0.2) is 9.84 Å². The van der Waals surface area contributed by atoms with E-state index in [1.54, 1.807) is 24.3 Å². The van der Waals surface area contributed by atoms with Crippen LogP contribution in [0.25, 0.3) is 22.0 Å². The molecule has 7 nitrogen and oxygen atoms in total. The summed E-state index contributed by atoms with van der Waals surface area (Å²) in [5.41, 5.74) is 4.90. The van der Waals surface area contributed by atoms with E-state index in [0.29, 0.717) is 32.7 Å². The zero-order chi connectivity index (χ0) is 24.4. The van der Waals surface area contributed by atoms with Crippen molar-refractivity contribution in [2.75, 3.05) is 37.9 Å². The maximum Gasteiger partial charge on any atom is 0.227 e. The highest BCUT2D eigenvalue weighted by Crippen LogP contribution is 2.31. The van der Waals surface area contributed by atoms with Crippen LogP contribution in [0.3, 0.4) is 0 Å². The maximum atomic E-state index is 12.5. The second kappa shape index (κ2) is 9.56. The average molecular weight is 490 g/mol. The summed E-state index contributed by atoms with van der Waals surface area (Å²) < 4.78 is 28.7. The SMILES string of the molecule is CS(=O)(=O)c1ccc(Nc2cc3cccc(-c4ccc(CC(=O)N5CCOCC5)cc4)c3[nH]2)cc1. The van der Waals surface area contributed by atoms with Gasteiger partial charge in [-0.25, -0.2) is 8.42 Å². The Balaban J connectivity index is 1.34. The van der Waals surface area contributed by atoms with Crippen LogP contribution in [-0.4, -0.2) is 56.8 Å². The molecule has 0 aliphatic carbocycles. The van der Waals surface area contributed by atoms with E-state index in [1.165, 1.54) is 6.26 Å². The van der Waals surface area contributed by atoms with Crippen LogP contribution >= 0.6 is 0 Å². The fourth-order valence-electron chi connectivity index (χ4n) is 4.31. The monoisotopic (exact) mass is 489 g/mol. The first-order valence-corrected chi connectivity index (χ1v) is 13.4. The third-order valence-corrected chi connectivity index (χ3v) is 7.33. The van der Waals surface area contributed by atoms with E-state index in [2.05, 4.69) is 28.5 Å². The van der Waals surface area contributed by atoms with Crippen LogP contribution in [0.2, 0.25) is 0 Å². The van der Waals surface area contributed by atoms with E-state index in [-0.39, 0.29) is 10.8 Å². The molecule has 5 rings (SSSR count). The van der Waals surface area contributed by atoms with Crippen LogP contribution in [0, 0.1) is 0 Å². The number of carbonyl (C=O) groups is 1. The number of amides is 1. The van der Waals surface area contributed by atoms with Gasteiger partial charge in [-0.2, -0.15) is 0 Å². The van der Waals surface area contributed by atoms with Crippen molar-refractivity contribution in [1.29, 1.82) is 0 Å². The van der Waals surface area contributed by atoms with Crippen molar-refractivity contribution in [1.82, 2.24) is 9.88 Å². The van der Waals surface area contributed by atoms with Gasteiger partial charge in [0.2, 0.25) is 5.91 Å². The van der Waals surface area contributed by atoms with Gasteiger partial charge in [0.1, 0.15) is 5.82 Å². The molecule has 180 valence electrons. The lowest BCUT2D eigenvalue weighted by Gasteiger charge is -2.26. The Labute approximate surface area is 204 Å². The van der Waals surface area contributed by atoms with Crippen LogP contribution in [0.15, 0.2) is 77.7 Å². The van der Waals surface area contributed by atoms with Gasteiger partial charge >= 0.3 is 0 Å². The van der Waals surface area contributed by atoms with Crippen molar-refractivity contribution >= 4 is 38.2 Å². The van der Waals surface area contributed by atoms with Crippen molar-refractivity contribution in [2.24, 2.45) is 0 Å². The minimum absolute atomic E-state index is 0.132. The molecular weight excluding hydrogens is 462 g/mol. The van der Waals surface area contributed by atoms with Gasteiger partial charge < -0.3 is 19.9 Å². The highest BCUT2D eigenvalue weighted by atomic mass is 32.2. The van der Waals surface area contributed by atoms with E-state index in [4.69, 9.17) is 4.74 Å². The number of nitrogens with one attached hydrogen (secondary N) is 2. The summed E-state index contributed by atoms with van der Waals surface area (Å²) in [5.74, 6) is 0.945. The minimum atomic E-state index is -3.23. The topological polar surface area (TPSA) is 91.5 Å². The summed E-state index contributed by atoms with van der Waals surface area (Å²) in [6.45, 7) is 2.52. The van der Waals surface area contributed by atoms with E-state index in [1.807, 2.05) is 35.2 Å². The molecule has 35 heavy (non-hydrogen) atoms. The number of benzene rings is 3. The number of para-hydroxylation sites is 1. The van der Waals surface area contributed by atoms with Gasteiger partial charge in [-0.15, -0.1) is 0 Å². The summed E-state index contributed by atoms with van der Waals surface area (Å²) in [6, 6.07) is 23.0. The van der Waals surface area contributed by atoms with Gasteiger partial charge in [0.05, 0.1) is 30.0 Å². The maximum absolute atomic E-state index is 12.5. The number of anilines is 2. The van der Waals surface area contributed by atoms with Crippen molar-refractivity contribution in [2.45, 2.75) is 11.3 Å². The van der Waals surface area contributed by atoms with Crippen molar-refractivity contribution < 1.29 is 17.9 Å². The van der Waals surface area contributed by atoms with Gasteiger partial charge in [-0.3, -0.25) is 4.79 Å². The smallest absolute Gasteiger partial charge is 0.227 e. The van der Waals surface area contributed by atoms with Crippen LogP contribution in [0.5, 0.6) is 0 Å². The average Bonchev–Trinajstić information content (AvgIpc) is 3.27. The lowest BCUT2D eigenvalue weighted by Crippen LogP contribution is -2.41. The second-order valence-electron chi connectivity index (χ2n) is 8.74. The molecule has 2 N–H and O–H groups in total. The first-order valence-electron chi connectivity index (χ1n) is 11.5. The van der Waals surface area contributed by atoms with Crippen molar-refractivity contribution in [3.05, 3.63) is 78.4 Å². The molecule has 0 unspecified atom stereocenters. The van der Waals surface area contributed by atoms with Gasteiger partial charge in [-0.05, 0) is 41.5 Å². The Morgan fingerprint density at radius 3 is 2.40 bits per heavy atom. The minimum Gasteiger partial charge on any atom is -0.378 e. The predicted molar refractivity (Wildman–Crippen MR) is 138 cm³/mol. The number of sulfone groups is 1. The molecule has 0 atom stereocenters. The standard InChI is InChI=1S/C27H27N3O4S/c1-35(32,33)23-11-9-22(10-12-23)28-25-18-21-3-2-4-24(27(21)29-25)20-7-5-19(6-8-20)17-26(31)30-13-15-34-16-14-30/h2-12,18,28-29H,13-17H2,1H3. The summed E-state index contributed by atoms with van der Waals surface area (Å²) in [5, 5.41) is 4.37. The second-order valence-corrected chi connectivity index (χ2v) is 10.8. The molecule has 1 amide bonds. The normalized spacial score (nSPS) is 14.3. The Kier molecular flexibility index (Phi) is 6.32. The lowest BCUT2D eigenvalue weighted by molar-refractivity contribution is -0.134. The predicted octanol–water partition coefficient (Wildman–Crippen LogP) is 4.38. The molecule has 8 heteroatoms. The fourth-order valence-corrected chi connectivity index (χ4v) is 4.94. The number of hydrogen-bond donors (Lipinski definition) is 2. The fraction of sp³-hybridized carbons (Fsp3) is 0.222. The van der Waals surface area contributed by atoms with E-state index < -0.39 is 9.84 Å². The molecule has 1 aromatic heterocycles. The Hall–Kier alpha value is -3.62. The molecule has 1 aliphatic heterocycles. The zero-order valence-corrected chi connectivity index (χ0v) is 20.3. The summed E-state index contributed by atoms with van der Waals surface area (Å²) in [6.07, 6.45) is 1.59. The van der Waals surface area contributed by atoms with E-state index in [9.17, 15) is 13.2 Å². The molecule has 1 aliphatic rings. The first-order chi connectivity index (χ1) is 16.9. The van der Waals surface area contributed by atoms with E-state index in [0.717, 1.165) is 39.1 Å². The molecule has 1 fully saturated rings. The van der Waals surface area contributed by atoms with Crippen LogP contribution in [0.1, 0.15) is 5.56 Å². The van der Waals surface area contributed by atoms with Crippen molar-refractivity contribution in [3.63, 3.8) is 0 Å².